The quantitative estimate of drug-likeness (QED) is 0.261. The minimum Gasteiger partial charge on any atom is -0.353 e. The van der Waals surface area contributed by atoms with Crippen LogP contribution >= 0.6 is 0 Å². The molecule has 2 rings (SSSR count). The lowest BCUT2D eigenvalue weighted by Crippen LogP contribution is -2.42. The monoisotopic (exact) mass is 223 g/mol. The van der Waals surface area contributed by atoms with Gasteiger partial charge in [-0.15, -0.1) is 10.2 Å². The first-order chi connectivity index (χ1) is 7.79. The molecule has 0 unspecified atom stereocenters. The molecule has 0 atom stereocenters. The van der Waals surface area contributed by atoms with Crippen molar-refractivity contribution < 1.29 is 0 Å². The molecular formula is C9H17N7. The third kappa shape index (κ3) is 2.93. The van der Waals surface area contributed by atoms with Gasteiger partial charge in [-0.25, -0.2) is 5.84 Å². The van der Waals surface area contributed by atoms with Crippen molar-refractivity contribution in [2.24, 2.45) is 17.9 Å². The lowest BCUT2D eigenvalue weighted by molar-refractivity contribution is 0.762. The Hall–Kier alpha value is -1.63. The van der Waals surface area contributed by atoms with E-state index in [0.29, 0.717) is 18.5 Å². The Bertz CT molecular complexity index is 366. The summed E-state index contributed by atoms with van der Waals surface area (Å²) in [5, 5.41) is 11.0. The van der Waals surface area contributed by atoms with Gasteiger partial charge in [-0.1, -0.05) is 0 Å². The smallest absolute Gasteiger partial charge is 0.205 e. The van der Waals surface area contributed by atoms with Gasteiger partial charge in [0.1, 0.15) is 12.2 Å². The summed E-state index contributed by atoms with van der Waals surface area (Å²) in [4.78, 5) is 4.33. The van der Waals surface area contributed by atoms with E-state index in [4.69, 9.17) is 5.84 Å². The summed E-state index contributed by atoms with van der Waals surface area (Å²) < 4.78 is 1.89. The molecule has 0 bridgehead atoms. The largest absolute Gasteiger partial charge is 0.353 e. The second kappa shape index (κ2) is 4.93. The molecule has 0 amide bonds. The highest BCUT2D eigenvalue weighted by atomic mass is 15.3. The van der Waals surface area contributed by atoms with Crippen LogP contribution in [0.25, 0.3) is 0 Å². The number of guanidine groups is 1. The molecule has 4 N–H and O–H groups in total. The zero-order chi connectivity index (χ0) is 11.4. The molecule has 1 aliphatic rings. The van der Waals surface area contributed by atoms with Crippen molar-refractivity contribution in [3.8, 4) is 0 Å². The molecule has 0 aliphatic heterocycles. The second-order valence-corrected chi connectivity index (χ2v) is 3.90. The number of nitrogens with two attached hydrogens (primary N) is 1. The molecule has 0 spiro atoms. The van der Waals surface area contributed by atoms with Crippen LogP contribution in [0.1, 0.15) is 18.7 Å². The summed E-state index contributed by atoms with van der Waals surface area (Å²) >= 11 is 0. The summed E-state index contributed by atoms with van der Waals surface area (Å²) in [6, 6.07) is 0.546. The molecule has 1 fully saturated rings. The maximum absolute atomic E-state index is 5.36. The van der Waals surface area contributed by atoms with E-state index in [-0.39, 0.29) is 0 Å². The molecule has 0 aromatic carbocycles. The van der Waals surface area contributed by atoms with Crippen molar-refractivity contribution in [1.29, 1.82) is 0 Å². The Morgan fingerprint density at radius 1 is 1.69 bits per heavy atom. The summed E-state index contributed by atoms with van der Waals surface area (Å²) in [6.45, 7) is 0.645. The predicted octanol–water partition coefficient (Wildman–Crippen LogP) is -1.07. The summed E-state index contributed by atoms with van der Waals surface area (Å²) in [5.41, 5.74) is 2.56. The van der Waals surface area contributed by atoms with Gasteiger partial charge in [0.15, 0.2) is 0 Å². The van der Waals surface area contributed by atoms with Gasteiger partial charge in [-0.05, 0) is 12.8 Å². The highest BCUT2D eigenvalue weighted by Gasteiger charge is 2.21. The number of rotatable bonds is 4. The average molecular weight is 223 g/mol. The van der Waals surface area contributed by atoms with Crippen molar-refractivity contribution in [1.82, 2.24) is 25.5 Å². The zero-order valence-electron chi connectivity index (χ0n) is 9.35. The first-order valence-corrected chi connectivity index (χ1v) is 5.40. The number of nitrogens with zero attached hydrogens (tertiary/aromatic N) is 4. The number of nitrogens with one attached hydrogen (secondary N) is 2. The third-order valence-electron chi connectivity index (χ3n) is 2.47. The summed E-state index contributed by atoms with van der Waals surface area (Å²) in [7, 11) is 1.92. The number of aliphatic imine (C=N–C) groups is 1. The molecule has 1 aliphatic carbocycles. The minimum atomic E-state index is 0.546. The van der Waals surface area contributed by atoms with E-state index in [1.165, 1.54) is 12.8 Å². The highest BCUT2D eigenvalue weighted by Crippen LogP contribution is 2.18. The highest BCUT2D eigenvalue weighted by molar-refractivity contribution is 5.79. The van der Waals surface area contributed by atoms with Crippen LogP contribution in [-0.4, -0.2) is 33.3 Å². The van der Waals surface area contributed by atoms with Gasteiger partial charge in [0.25, 0.3) is 0 Å². The molecule has 7 heteroatoms. The van der Waals surface area contributed by atoms with Crippen LogP contribution in [0.4, 0.5) is 0 Å². The lowest BCUT2D eigenvalue weighted by atomic mass is 10.4. The van der Waals surface area contributed by atoms with Gasteiger partial charge >= 0.3 is 0 Å². The van der Waals surface area contributed by atoms with Crippen LogP contribution < -0.4 is 16.6 Å². The van der Waals surface area contributed by atoms with E-state index in [1.54, 1.807) is 6.33 Å². The van der Waals surface area contributed by atoms with Gasteiger partial charge in [0, 0.05) is 26.1 Å². The normalized spacial score (nSPS) is 16.2. The Labute approximate surface area is 94.1 Å². The lowest BCUT2D eigenvalue weighted by Gasteiger charge is -2.07. The molecule has 0 saturated heterocycles. The standard InChI is InChI=1S/C9H17N7/c1-16-6-12-15-8(16)4-5-11-9(14-10)13-7-2-3-7/h6-7H,2-5,10H2,1H3,(H2,11,13,14). The number of hydrogen-bond donors (Lipinski definition) is 3. The van der Waals surface area contributed by atoms with Crippen molar-refractivity contribution in [2.75, 3.05) is 6.54 Å². The first-order valence-electron chi connectivity index (χ1n) is 5.40. The van der Waals surface area contributed by atoms with E-state index in [9.17, 15) is 0 Å². The van der Waals surface area contributed by atoms with Crippen molar-refractivity contribution >= 4 is 5.96 Å². The minimum absolute atomic E-state index is 0.546. The Kier molecular flexibility index (Phi) is 3.35. The fraction of sp³-hybridized carbons (Fsp3) is 0.667. The van der Waals surface area contributed by atoms with Crippen molar-refractivity contribution in [3.63, 3.8) is 0 Å². The molecule has 1 heterocycles. The van der Waals surface area contributed by atoms with E-state index in [0.717, 1.165) is 12.2 Å². The molecule has 0 radical (unpaired) electrons. The van der Waals surface area contributed by atoms with E-state index in [2.05, 4.69) is 25.9 Å². The molecule has 7 nitrogen and oxygen atoms in total. The van der Waals surface area contributed by atoms with E-state index in [1.807, 2.05) is 11.6 Å². The summed E-state index contributed by atoms with van der Waals surface area (Å²) in [5.74, 6) is 6.94. The van der Waals surface area contributed by atoms with Crippen LogP contribution in [0.2, 0.25) is 0 Å². The number of aryl methyl sites for hydroxylation is 1. The molecule has 88 valence electrons. The zero-order valence-corrected chi connectivity index (χ0v) is 9.35. The van der Waals surface area contributed by atoms with Crippen LogP contribution in [0, 0.1) is 0 Å². The number of aromatic nitrogens is 3. The van der Waals surface area contributed by atoms with Crippen molar-refractivity contribution in [3.05, 3.63) is 12.2 Å². The van der Waals surface area contributed by atoms with Gasteiger partial charge in [-0.3, -0.25) is 10.4 Å². The molecule has 1 aromatic rings. The van der Waals surface area contributed by atoms with E-state index >= 15 is 0 Å². The van der Waals surface area contributed by atoms with Gasteiger partial charge in [-0.2, -0.15) is 0 Å². The van der Waals surface area contributed by atoms with Crippen LogP contribution in [0.3, 0.4) is 0 Å². The van der Waals surface area contributed by atoms with Crippen LogP contribution in [0.5, 0.6) is 0 Å². The topological polar surface area (TPSA) is 93.2 Å². The van der Waals surface area contributed by atoms with Crippen LogP contribution in [0.15, 0.2) is 11.3 Å². The SMILES string of the molecule is Cn1cnnc1CCN=C(NN)NC1CC1. The molecule has 16 heavy (non-hydrogen) atoms. The van der Waals surface area contributed by atoms with Gasteiger partial charge < -0.3 is 9.88 Å². The molecule has 1 aromatic heterocycles. The third-order valence-corrected chi connectivity index (χ3v) is 2.47. The average Bonchev–Trinajstić information content (AvgIpc) is 3.01. The van der Waals surface area contributed by atoms with Crippen LogP contribution in [-0.2, 0) is 13.5 Å². The van der Waals surface area contributed by atoms with Crippen molar-refractivity contribution in [2.45, 2.75) is 25.3 Å². The fourth-order valence-corrected chi connectivity index (χ4v) is 1.36. The predicted molar refractivity (Wildman–Crippen MR) is 60.5 cm³/mol. The maximum atomic E-state index is 5.36. The summed E-state index contributed by atoms with van der Waals surface area (Å²) in [6.07, 6.45) is 4.84. The number of hydrogen-bond acceptors (Lipinski definition) is 4. The molecular weight excluding hydrogens is 206 g/mol. The molecule has 1 saturated carbocycles. The first kappa shape index (κ1) is 10.9. The second-order valence-electron chi connectivity index (χ2n) is 3.90. The van der Waals surface area contributed by atoms with Gasteiger partial charge in [0.05, 0.1) is 0 Å². The number of hydrazine groups is 1. The Morgan fingerprint density at radius 2 is 2.50 bits per heavy atom. The fourth-order valence-electron chi connectivity index (χ4n) is 1.36. The Balaban J connectivity index is 1.80. The Morgan fingerprint density at radius 3 is 3.06 bits per heavy atom. The maximum Gasteiger partial charge on any atom is 0.205 e. The van der Waals surface area contributed by atoms with E-state index < -0.39 is 0 Å². The van der Waals surface area contributed by atoms with Gasteiger partial charge in [0.2, 0.25) is 5.96 Å².